The number of aromatic amines is 2. The number of aryl methyl sites for hydroxylation is 1. The molecule has 2 aromatic heterocycles. The first-order valence-electron chi connectivity index (χ1n) is 8.01. The van der Waals surface area contributed by atoms with E-state index in [-0.39, 0.29) is 11.9 Å². The molecule has 2 aromatic carbocycles. The van der Waals surface area contributed by atoms with Gasteiger partial charge in [0.2, 0.25) is 0 Å². The lowest BCUT2D eigenvalue weighted by atomic mass is 9.95. The predicted molar refractivity (Wildman–Crippen MR) is 90.9 cm³/mol. The van der Waals surface area contributed by atoms with Gasteiger partial charge in [0.15, 0.2) is 0 Å². The lowest BCUT2D eigenvalue weighted by Crippen LogP contribution is -2.20. The largest absolute Gasteiger partial charge is 0.358 e. The fourth-order valence-corrected chi connectivity index (χ4v) is 3.68. The molecule has 0 radical (unpaired) electrons. The topological polar surface area (TPSA) is 86.5 Å². The van der Waals surface area contributed by atoms with Crippen LogP contribution in [0.5, 0.6) is 0 Å². The number of H-pyrrole nitrogens is 2. The van der Waals surface area contributed by atoms with Crippen LogP contribution in [0.15, 0.2) is 36.4 Å². The molecular formula is C18H15N5O. The first-order valence-corrected chi connectivity index (χ1v) is 8.01. The minimum absolute atomic E-state index is 0.0627. The van der Waals surface area contributed by atoms with E-state index in [0.29, 0.717) is 11.1 Å². The summed E-state index contributed by atoms with van der Waals surface area (Å²) in [5, 5.41) is 15.1. The molecule has 1 aliphatic heterocycles. The highest BCUT2D eigenvalue weighted by Gasteiger charge is 2.33. The minimum atomic E-state index is -0.167. The van der Waals surface area contributed by atoms with Crippen LogP contribution in [0.1, 0.15) is 40.1 Å². The maximum Gasteiger partial charge on any atom is 0.252 e. The van der Waals surface area contributed by atoms with E-state index in [2.05, 4.69) is 44.8 Å². The SMILES string of the molecule is CCc1[nH]c2ccccc2c1C1NC(=O)c2cc3n[nH]nc3cc21. The highest BCUT2D eigenvalue weighted by Crippen LogP contribution is 2.38. The number of fused-ring (bicyclic) bond motifs is 3. The third-order valence-electron chi connectivity index (χ3n) is 4.79. The van der Waals surface area contributed by atoms with Crippen molar-refractivity contribution in [2.24, 2.45) is 0 Å². The summed E-state index contributed by atoms with van der Waals surface area (Å²) < 4.78 is 0. The van der Waals surface area contributed by atoms with Crippen LogP contribution in [-0.4, -0.2) is 26.3 Å². The molecule has 0 saturated carbocycles. The molecular weight excluding hydrogens is 302 g/mol. The Labute approximate surface area is 137 Å². The van der Waals surface area contributed by atoms with Crippen LogP contribution in [-0.2, 0) is 6.42 Å². The van der Waals surface area contributed by atoms with Gasteiger partial charge in [0.05, 0.1) is 6.04 Å². The summed E-state index contributed by atoms with van der Waals surface area (Å²) in [6, 6.07) is 11.8. The van der Waals surface area contributed by atoms with Gasteiger partial charge in [-0.1, -0.05) is 25.1 Å². The summed E-state index contributed by atoms with van der Waals surface area (Å²) in [5.41, 5.74) is 6.49. The molecule has 4 aromatic rings. The number of para-hydroxylation sites is 1. The maximum atomic E-state index is 12.5. The molecule has 6 nitrogen and oxygen atoms in total. The molecule has 5 rings (SSSR count). The Hall–Kier alpha value is -3.15. The number of rotatable bonds is 2. The Balaban J connectivity index is 1.79. The molecule has 0 aliphatic carbocycles. The summed E-state index contributed by atoms with van der Waals surface area (Å²) in [7, 11) is 0. The van der Waals surface area contributed by atoms with E-state index < -0.39 is 0 Å². The van der Waals surface area contributed by atoms with E-state index >= 15 is 0 Å². The first kappa shape index (κ1) is 13.3. The van der Waals surface area contributed by atoms with E-state index in [0.717, 1.165) is 39.7 Å². The molecule has 3 N–H and O–H groups in total. The summed E-state index contributed by atoms with van der Waals surface area (Å²) >= 11 is 0. The molecule has 0 bridgehead atoms. The molecule has 1 atom stereocenters. The zero-order chi connectivity index (χ0) is 16.3. The number of nitrogens with zero attached hydrogens (tertiary/aromatic N) is 2. The van der Waals surface area contributed by atoms with Crippen LogP contribution < -0.4 is 5.32 Å². The summed E-state index contributed by atoms with van der Waals surface area (Å²) in [6.45, 7) is 2.12. The number of benzene rings is 2. The molecule has 0 spiro atoms. The molecule has 1 amide bonds. The molecule has 0 saturated heterocycles. The number of nitrogens with one attached hydrogen (secondary N) is 3. The molecule has 118 valence electrons. The van der Waals surface area contributed by atoms with Gasteiger partial charge in [0.1, 0.15) is 11.0 Å². The number of hydrogen-bond acceptors (Lipinski definition) is 3. The quantitative estimate of drug-likeness (QED) is 0.531. The fraction of sp³-hybridized carbons (Fsp3) is 0.167. The van der Waals surface area contributed by atoms with Crippen molar-refractivity contribution >= 4 is 27.8 Å². The second kappa shape index (κ2) is 4.67. The zero-order valence-corrected chi connectivity index (χ0v) is 13.1. The number of amides is 1. The molecule has 1 unspecified atom stereocenters. The highest BCUT2D eigenvalue weighted by molar-refractivity contribution is 6.03. The lowest BCUT2D eigenvalue weighted by molar-refractivity contribution is 0.0960. The van der Waals surface area contributed by atoms with Crippen molar-refractivity contribution in [3.8, 4) is 0 Å². The standard InChI is InChI=1S/C18H15N5O/c1-2-12-16(9-5-3-4-6-13(9)19-12)17-10-7-14-15(22-23-21-14)8-11(10)18(24)20-17/h3-8,17,19H,2H2,1H3,(H,20,24)(H,21,22,23). The second-order valence-corrected chi connectivity index (χ2v) is 6.07. The van der Waals surface area contributed by atoms with E-state index in [1.165, 1.54) is 0 Å². The van der Waals surface area contributed by atoms with Crippen molar-refractivity contribution in [2.45, 2.75) is 19.4 Å². The molecule has 1 aliphatic rings. The van der Waals surface area contributed by atoms with E-state index in [9.17, 15) is 4.79 Å². The smallest absolute Gasteiger partial charge is 0.252 e. The van der Waals surface area contributed by atoms with Gasteiger partial charge < -0.3 is 10.3 Å². The van der Waals surface area contributed by atoms with Gasteiger partial charge >= 0.3 is 0 Å². The average molecular weight is 317 g/mol. The lowest BCUT2D eigenvalue weighted by Gasteiger charge is -2.13. The number of carbonyl (C=O) groups is 1. The summed E-state index contributed by atoms with van der Waals surface area (Å²) in [4.78, 5) is 16.0. The molecule has 0 fully saturated rings. The monoisotopic (exact) mass is 317 g/mol. The Morgan fingerprint density at radius 1 is 1.12 bits per heavy atom. The summed E-state index contributed by atoms with van der Waals surface area (Å²) in [5.74, 6) is -0.0627. The van der Waals surface area contributed by atoms with Crippen LogP contribution in [0, 0.1) is 0 Å². The van der Waals surface area contributed by atoms with E-state index in [1.807, 2.05) is 24.3 Å². The maximum absolute atomic E-state index is 12.5. The fourth-order valence-electron chi connectivity index (χ4n) is 3.68. The van der Waals surface area contributed by atoms with Crippen LogP contribution in [0.2, 0.25) is 0 Å². The van der Waals surface area contributed by atoms with Crippen molar-refractivity contribution < 1.29 is 4.79 Å². The third kappa shape index (κ3) is 1.68. The van der Waals surface area contributed by atoms with Gasteiger partial charge in [0.25, 0.3) is 5.91 Å². The van der Waals surface area contributed by atoms with Gasteiger partial charge in [-0.3, -0.25) is 4.79 Å². The summed E-state index contributed by atoms with van der Waals surface area (Å²) in [6.07, 6.45) is 0.873. The zero-order valence-electron chi connectivity index (χ0n) is 13.1. The number of aromatic nitrogens is 4. The second-order valence-electron chi connectivity index (χ2n) is 6.07. The molecule has 24 heavy (non-hydrogen) atoms. The van der Waals surface area contributed by atoms with E-state index in [1.54, 1.807) is 0 Å². The highest BCUT2D eigenvalue weighted by atomic mass is 16.2. The number of carbonyl (C=O) groups excluding carboxylic acids is 1. The van der Waals surface area contributed by atoms with Gasteiger partial charge in [-0.05, 0) is 30.2 Å². The van der Waals surface area contributed by atoms with Crippen LogP contribution >= 0.6 is 0 Å². The Morgan fingerprint density at radius 3 is 2.75 bits per heavy atom. The normalized spacial score (nSPS) is 16.7. The molecule has 3 heterocycles. The number of hydrogen-bond donors (Lipinski definition) is 3. The van der Waals surface area contributed by atoms with Gasteiger partial charge in [-0.25, -0.2) is 0 Å². The first-order chi connectivity index (χ1) is 11.8. The Morgan fingerprint density at radius 2 is 1.92 bits per heavy atom. The van der Waals surface area contributed by atoms with Crippen molar-refractivity contribution in [3.63, 3.8) is 0 Å². The van der Waals surface area contributed by atoms with Crippen LogP contribution in [0.3, 0.4) is 0 Å². The van der Waals surface area contributed by atoms with Gasteiger partial charge in [-0.15, -0.1) is 0 Å². The van der Waals surface area contributed by atoms with Gasteiger partial charge in [-0.2, -0.15) is 15.4 Å². The Kier molecular flexibility index (Phi) is 2.59. The van der Waals surface area contributed by atoms with Crippen molar-refractivity contribution in [1.29, 1.82) is 0 Å². The van der Waals surface area contributed by atoms with Crippen molar-refractivity contribution in [3.05, 3.63) is 58.8 Å². The Bertz CT molecular complexity index is 1110. The van der Waals surface area contributed by atoms with E-state index in [4.69, 9.17) is 0 Å². The van der Waals surface area contributed by atoms with Crippen molar-refractivity contribution in [1.82, 2.24) is 25.7 Å². The van der Waals surface area contributed by atoms with Crippen LogP contribution in [0.25, 0.3) is 21.9 Å². The average Bonchev–Trinajstić information content (AvgIpc) is 3.28. The van der Waals surface area contributed by atoms with Crippen molar-refractivity contribution in [2.75, 3.05) is 0 Å². The molecule has 6 heteroatoms. The van der Waals surface area contributed by atoms with Gasteiger partial charge in [0, 0.05) is 27.7 Å². The minimum Gasteiger partial charge on any atom is -0.358 e. The predicted octanol–water partition coefficient (Wildman–Crippen LogP) is 2.83. The van der Waals surface area contributed by atoms with Crippen LogP contribution in [0.4, 0.5) is 0 Å². The third-order valence-corrected chi connectivity index (χ3v) is 4.79.